The molecule has 1 unspecified atom stereocenters. The Hall–Kier alpha value is -2.54. The number of carbonyl (C=O) groups is 1. The normalized spacial score (nSPS) is 12.3. The molecule has 170 valence electrons. The summed E-state index contributed by atoms with van der Waals surface area (Å²) in [6, 6.07) is 12.8. The summed E-state index contributed by atoms with van der Waals surface area (Å²) in [4.78, 5) is 15.3. The maximum atomic E-state index is 13.0. The summed E-state index contributed by atoms with van der Waals surface area (Å²) in [7, 11) is -3.64. The molecule has 0 fully saturated rings. The van der Waals surface area contributed by atoms with Crippen LogP contribution in [0.25, 0.3) is 0 Å². The molecule has 0 aliphatic carbocycles. The zero-order valence-corrected chi connectivity index (χ0v) is 20.3. The molecule has 0 spiro atoms. The topological polar surface area (TPSA) is 69.7 Å². The molecule has 0 aromatic heterocycles. The number of nitrogens with zero attached hydrogens (tertiary/aromatic N) is 2. The first-order valence-electron chi connectivity index (χ1n) is 10.8. The van der Waals surface area contributed by atoms with Gasteiger partial charge in [-0.1, -0.05) is 25.1 Å². The lowest BCUT2D eigenvalue weighted by Crippen LogP contribution is -2.49. The molecular formula is C24H35N3O3S. The van der Waals surface area contributed by atoms with Gasteiger partial charge >= 0.3 is 0 Å². The number of carbonyl (C=O) groups excluding carboxylic acids is 1. The molecule has 0 radical (unpaired) electrons. The average Bonchev–Trinajstić information content (AvgIpc) is 2.70. The third-order valence-corrected chi connectivity index (χ3v) is 6.50. The van der Waals surface area contributed by atoms with Crippen molar-refractivity contribution in [3.63, 3.8) is 0 Å². The number of sulfonamides is 1. The molecule has 7 heteroatoms. The third kappa shape index (κ3) is 6.47. The first kappa shape index (κ1) is 24.7. The van der Waals surface area contributed by atoms with Gasteiger partial charge in [0, 0.05) is 25.3 Å². The van der Waals surface area contributed by atoms with Crippen LogP contribution in [-0.4, -0.2) is 39.7 Å². The van der Waals surface area contributed by atoms with Gasteiger partial charge in [0.25, 0.3) is 0 Å². The minimum Gasteiger partial charge on any atom is -0.372 e. The average molecular weight is 446 g/mol. The molecule has 1 atom stereocenters. The van der Waals surface area contributed by atoms with Crippen LogP contribution in [0.2, 0.25) is 0 Å². The Labute approximate surface area is 187 Å². The maximum absolute atomic E-state index is 13.0. The molecular weight excluding hydrogens is 410 g/mol. The standard InChI is InChI=1S/C24H35N3O3S/c1-7-23(27(31(6,29)30)22-15-18(4)14-19(5)16-22)24(28)25-17-20-10-12-21(13-11-20)26(8-2)9-3/h10-16,23H,7-9,17H2,1-6H3,(H,25,28). The van der Waals surface area contributed by atoms with Crippen molar-refractivity contribution in [2.45, 2.75) is 53.6 Å². The fourth-order valence-electron chi connectivity index (χ4n) is 3.86. The highest BCUT2D eigenvalue weighted by atomic mass is 32.2. The van der Waals surface area contributed by atoms with E-state index in [1.165, 1.54) is 4.31 Å². The van der Waals surface area contributed by atoms with Gasteiger partial charge in [-0.05, 0) is 75.1 Å². The van der Waals surface area contributed by atoms with E-state index in [0.29, 0.717) is 18.7 Å². The van der Waals surface area contributed by atoms with Crippen LogP contribution in [0.15, 0.2) is 42.5 Å². The molecule has 1 amide bonds. The molecule has 2 aromatic carbocycles. The summed E-state index contributed by atoms with van der Waals surface area (Å²) in [6.45, 7) is 12.1. The van der Waals surface area contributed by atoms with E-state index in [2.05, 4.69) is 24.1 Å². The molecule has 31 heavy (non-hydrogen) atoms. The Bertz CT molecular complexity index is 963. The number of anilines is 2. The number of hydrogen-bond acceptors (Lipinski definition) is 4. The zero-order valence-electron chi connectivity index (χ0n) is 19.5. The first-order valence-corrected chi connectivity index (χ1v) is 12.6. The Morgan fingerprint density at radius 2 is 1.48 bits per heavy atom. The van der Waals surface area contributed by atoms with Gasteiger partial charge in [-0.3, -0.25) is 9.10 Å². The third-order valence-electron chi connectivity index (χ3n) is 5.32. The van der Waals surface area contributed by atoms with E-state index >= 15 is 0 Å². The van der Waals surface area contributed by atoms with Gasteiger partial charge in [0.05, 0.1) is 11.9 Å². The number of nitrogens with one attached hydrogen (secondary N) is 1. The van der Waals surface area contributed by atoms with Gasteiger partial charge in [0.15, 0.2) is 0 Å². The lowest BCUT2D eigenvalue weighted by Gasteiger charge is -2.30. The highest BCUT2D eigenvalue weighted by Gasteiger charge is 2.31. The molecule has 0 heterocycles. The highest BCUT2D eigenvalue weighted by molar-refractivity contribution is 7.92. The van der Waals surface area contributed by atoms with E-state index in [1.807, 2.05) is 51.1 Å². The van der Waals surface area contributed by atoms with E-state index in [1.54, 1.807) is 12.1 Å². The molecule has 2 aromatic rings. The van der Waals surface area contributed by atoms with Crippen LogP contribution in [0.3, 0.4) is 0 Å². The van der Waals surface area contributed by atoms with Crippen LogP contribution in [0, 0.1) is 13.8 Å². The second-order valence-corrected chi connectivity index (χ2v) is 9.74. The van der Waals surface area contributed by atoms with Crippen molar-refractivity contribution < 1.29 is 13.2 Å². The maximum Gasteiger partial charge on any atom is 0.244 e. The summed E-state index contributed by atoms with van der Waals surface area (Å²) < 4.78 is 26.5. The predicted molar refractivity (Wildman–Crippen MR) is 129 cm³/mol. The molecule has 0 saturated carbocycles. The summed E-state index contributed by atoms with van der Waals surface area (Å²) in [5.74, 6) is -0.306. The van der Waals surface area contributed by atoms with Crippen LogP contribution in [0.1, 0.15) is 43.9 Å². The Kier molecular flexibility index (Phi) is 8.51. The molecule has 0 aliphatic heterocycles. The summed E-state index contributed by atoms with van der Waals surface area (Å²) in [5.41, 5.74) is 4.53. The van der Waals surface area contributed by atoms with Crippen molar-refractivity contribution in [1.82, 2.24) is 5.32 Å². The molecule has 6 nitrogen and oxygen atoms in total. The van der Waals surface area contributed by atoms with Crippen molar-refractivity contribution in [1.29, 1.82) is 0 Å². The van der Waals surface area contributed by atoms with Crippen molar-refractivity contribution >= 4 is 27.3 Å². The number of aryl methyl sites for hydroxylation is 2. The van der Waals surface area contributed by atoms with Crippen LogP contribution in [0.5, 0.6) is 0 Å². The number of benzene rings is 2. The van der Waals surface area contributed by atoms with Crippen molar-refractivity contribution in [2.75, 3.05) is 28.6 Å². The highest BCUT2D eigenvalue weighted by Crippen LogP contribution is 2.25. The molecule has 1 N–H and O–H groups in total. The fourth-order valence-corrected chi connectivity index (χ4v) is 5.05. The Balaban J connectivity index is 2.20. The van der Waals surface area contributed by atoms with E-state index in [9.17, 15) is 13.2 Å². The minimum atomic E-state index is -3.64. The first-order chi connectivity index (χ1) is 14.6. The molecule has 0 aliphatic rings. The van der Waals surface area contributed by atoms with Crippen LogP contribution < -0.4 is 14.5 Å². The Morgan fingerprint density at radius 3 is 1.94 bits per heavy atom. The smallest absolute Gasteiger partial charge is 0.244 e. The molecule has 0 bridgehead atoms. The van der Waals surface area contributed by atoms with E-state index in [-0.39, 0.29) is 5.91 Å². The quantitative estimate of drug-likeness (QED) is 0.600. The number of hydrogen-bond donors (Lipinski definition) is 1. The van der Waals surface area contributed by atoms with Crippen LogP contribution in [-0.2, 0) is 21.4 Å². The zero-order chi connectivity index (χ0) is 23.2. The number of amides is 1. The molecule has 0 saturated heterocycles. The summed E-state index contributed by atoms with van der Waals surface area (Å²) in [6.07, 6.45) is 1.51. The van der Waals surface area contributed by atoms with Crippen LogP contribution >= 0.6 is 0 Å². The summed E-state index contributed by atoms with van der Waals surface area (Å²) >= 11 is 0. The van der Waals surface area contributed by atoms with E-state index < -0.39 is 16.1 Å². The van der Waals surface area contributed by atoms with E-state index in [0.717, 1.165) is 41.7 Å². The Morgan fingerprint density at radius 1 is 0.935 bits per heavy atom. The van der Waals surface area contributed by atoms with Gasteiger partial charge in [-0.25, -0.2) is 8.42 Å². The van der Waals surface area contributed by atoms with Gasteiger partial charge < -0.3 is 10.2 Å². The summed E-state index contributed by atoms with van der Waals surface area (Å²) in [5, 5.41) is 2.92. The van der Waals surface area contributed by atoms with Crippen molar-refractivity contribution in [3.8, 4) is 0 Å². The van der Waals surface area contributed by atoms with Gasteiger partial charge in [0.2, 0.25) is 15.9 Å². The fraction of sp³-hybridized carbons (Fsp3) is 0.458. The minimum absolute atomic E-state index is 0.306. The second-order valence-electron chi connectivity index (χ2n) is 7.89. The van der Waals surface area contributed by atoms with Crippen molar-refractivity contribution in [2.24, 2.45) is 0 Å². The monoisotopic (exact) mass is 445 g/mol. The van der Waals surface area contributed by atoms with Gasteiger partial charge in [0.1, 0.15) is 6.04 Å². The van der Waals surface area contributed by atoms with Crippen LogP contribution in [0.4, 0.5) is 11.4 Å². The molecule has 2 rings (SSSR count). The van der Waals surface area contributed by atoms with Gasteiger partial charge in [-0.2, -0.15) is 0 Å². The van der Waals surface area contributed by atoms with Gasteiger partial charge in [-0.15, -0.1) is 0 Å². The SMILES string of the molecule is CCC(C(=O)NCc1ccc(N(CC)CC)cc1)N(c1cc(C)cc(C)c1)S(C)(=O)=O. The van der Waals surface area contributed by atoms with E-state index in [4.69, 9.17) is 0 Å². The largest absolute Gasteiger partial charge is 0.372 e. The lowest BCUT2D eigenvalue weighted by atomic mass is 10.1. The van der Waals surface area contributed by atoms with Crippen molar-refractivity contribution in [3.05, 3.63) is 59.2 Å². The number of rotatable bonds is 10. The second kappa shape index (κ2) is 10.7. The predicted octanol–water partition coefficient (Wildman–Crippen LogP) is 4.01. The lowest BCUT2D eigenvalue weighted by molar-refractivity contribution is -0.122.